The zero-order valence-electron chi connectivity index (χ0n) is 11.7. The zero-order valence-corrected chi connectivity index (χ0v) is 13.3. The number of carbonyl (C=O) groups excluding carboxylic acids is 1. The number of carbonyl (C=O) groups is 1. The molecular weight excluding hydrogens is 292 g/mol. The van der Waals surface area contributed by atoms with E-state index in [1.807, 2.05) is 5.38 Å². The van der Waals surface area contributed by atoms with Gasteiger partial charge in [-0.15, -0.1) is 22.9 Å². The van der Waals surface area contributed by atoms with Crippen LogP contribution in [0, 0.1) is 5.41 Å². The SMILES string of the molecule is O=C(CCl)c1csc(N2CCC3(CCCCC3)CC2)n1. The third-order valence-corrected chi connectivity index (χ3v) is 6.05. The van der Waals surface area contributed by atoms with E-state index in [9.17, 15) is 4.79 Å². The van der Waals surface area contributed by atoms with E-state index in [1.165, 1.54) is 44.9 Å². The highest BCUT2D eigenvalue weighted by atomic mass is 35.5. The largest absolute Gasteiger partial charge is 0.348 e. The summed E-state index contributed by atoms with van der Waals surface area (Å²) in [5.41, 5.74) is 1.14. The van der Waals surface area contributed by atoms with Crippen molar-refractivity contribution < 1.29 is 4.79 Å². The first-order valence-electron chi connectivity index (χ1n) is 7.52. The number of hydrogen-bond donors (Lipinski definition) is 0. The number of ketones is 1. The number of Topliss-reactive ketones (excluding diaryl/α,β-unsaturated/α-hetero) is 1. The van der Waals surface area contributed by atoms with Crippen molar-refractivity contribution in [2.75, 3.05) is 23.9 Å². The maximum atomic E-state index is 11.5. The fraction of sp³-hybridized carbons (Fsp3) is 0.733. The Balaban J connectivity index is 1.63. The van der Waals surface area contributed by atoms with Crippen LogP contribution in [0.2, 0.25) is 0 Å². The lowest BCUT2D eigenvalue weighted by Crippen LogP contribution is -2.41. The average molecular weight is 313 g/mol. The van der Waals surface area contributed by atoms with Crippen molar-refractivity contribution in [1.29, 1.82) is 0 Å². The quantitative estimate of drug-likeness (QED) is 0.622. The molecule has 2 heterocycles. The normalized spacial score (nSPS) is 22.1. The molecule has 1 aromatic rings. The Labute approximate surface area is 129 Å². The van der Waals surface area contributed by atoms with Gasteiger partial charge in [0.2, 0.25) is 0 Å². The zero-order chi connectivity index (χ0) is 14.0. The van der Waals surface area contributed by atoms with E-state index in [4.69, 9.17) is 11.6 Å². The van der Waals surface area contributed by atoms with Gasteiger partial charge in [0.05, 0.1) is 5.88 Å². The van der Waals surface area contributed by atoms with Gasteiger partial charge in [-0.3, -0.25) is 4.79 Å². The van der Waals surface area contributed by atoms with E-state index in [0.717, 1.165) is 18.2 Å². The monoisotopic (exact) mass is 312 g/mol. The van der Waals surface area contributed by atoms with Gasteiger partial charge in [0.25, 0.3) is 0 Å². The van der Waals surface area contributed by atoms with Crippen molar-refractivity contribution in [3.63, 3.8) is 0 Å². The van der Waals surface area contributed by atoms with Crippen LogP contribution in [0.4, 0.5) is 5.13 Å². The third-order valence-electron chi connectivity index (χ3n) is 4.91. The maximum absolute atomic E-state index is 11.5. The molecule has 0 bridgehead atoms. The van der Waals surface area contributed by atoms with Gasteiger partial charge < -0.3 is 4.90 Å². The summed E-state index contributed by atoms with van der Waals surface area (Å²) >= 11 is 7.15. The third kappa shape index (κ3) is 2.86. The minimum Gasteiger partial charge on any atom is -0.348 e. The average Bonchev–Trinajstić information content (AvgIpc) is 2.98. The summed E-state index contributed by atoms with van der Waals surface area (Å²) in [4.78, 5) is 18.3. The van der Waals surface area contributed by atoms with Gasteiger partial charge in [0.1, 0.15) is 5.69 Å². The van der Waals surface area contributed by atoms with E-state index < -0.39 is 0 Å². The number of anilines is 1. The van der Waals surface area contributed by atoms with Gasteiger partial charge in [0.15, 0.2) is 10.9 Å². The van der Waals surface area contributed by atoms with Gasteiger partial charge in [-0.2, -0.15) is 0 Å². The Kier molecular flexibility index (Phi) is 4.32. The minimum atomic E-state index is -0.0741. The summed E-state index contributed by atoms with van der Waals surface area (Å²) in [6.07, 6.45) is 9.62. The highest BCUT2D eigenvalue weighted by molar-refractivity contribution is 7.14. The number of piperidine rings is 1. The summed E-state index contributed by atoms with van der Waals surface area (Å²) in [5.74, 6) is -0.0540. The van der Waals surface area contributed by atoms with E-state index >= 15 is 0 Å². The topological polar surface area (TPSA) is 33.2 Å². The molecule has 1 aliphatic carbocycles. The van der Waals surface area contributed by atoms with Crippen LogP contribution in [0.5, 0.6) is 0 Å². The molecule has 0 unspecified atom stereocenters. The fourth-order valence-electron chi connectivity index (χ4n) is 3.58. The van der Waals surface area contributed by atoms with Crippen LogP contribution in [0.3, 0.4) is 0 Å². The standard InChI is InChI=1S/C15H21ClN2OS/c16-10-13(19)12-11-20-14(17-12)18-8-6-15(7-9-18)4-2-1-3-5-15/h11H,1-10H2. The molecule has 20 heavy (non-hydrogen) atoms. The summed E-state index contributed by atoms with van der Waals surface area (Å²) < 4.78 is 0. The summed E-state index contributed by atoms with van der Waals surface area (Å²) in [6.45, 7) is 2.17. The van der Waals surface area contributed by atoms with Crippen LogP contribution >= 0.6 is 22.9 Å². The molecule has 0 N–H and O–H groups in total. The molecule has 110 valence electrons. The second-order valence-electron chi connectivity index (χ2n) is 6.12. The number of rotatable bonds is 3. The van der Waals surface area contributed by atoms with E-state index in [2.05, 4.69) is 9.88 Å². The van der Waals surface area contributed by atoms with Crippen LogP contribution in [0.25, 0.3) is 0 Å². The molecule has 3 nitrogen and oxygen atoms in total. The highest BCUT2D eigenvalue weighted by Crippen LogP contribution is 2.45. The molecule has 0 atom stereocenters. The lowest BCUT2D eigenvalue weighted by atomic mass is 9.68. The number of thiazole rings is 1. The van der Waals surface area contributed by atoms with E-state index in [1.54, 1.807) is 11.3 Å². The lowest BCUT2D eigenvalue weighted by Gasteiger charge is -2.44. The van der Waals surface area contributed by atoms with Crippen molar-refractivity contribution in [2.45, 2.75) is 44.9 Å². The smallest absolute Gasteiger partial charge is 0.196 e. The molecule has 0 aromatic carbocycles. The number of hydrogen-bond acceptors (Lipinski definition) is 4. The predicted molar refractivity (Wildman–Crippen MR) is 84.1 cm³/mol. The second kappa shape index (κ2) is 6.02. The molecule has 5 heteroatoms. The first-order chi connectivity index (χ1) is 9.72. The Bertz CT molecular complexity index is 472. The molecule has 2 aliphatic rings. The van der Waals surface area contributed by atoms with Gasteiger partial charge in [0, 0.05) is 18.5 Å². The fourth-order valence-corrected chi connectivity index (χ4v) is 4.60. The van der Waals surface area contributed by atoms with Crippen molar-refractivity contribution in [1.82, 2.24) is 4.98 Å². The Morgan fingerprint density at radius 1 is 1.25 bits per heavy atom. The number of halogens is 1. The molecular formula is C15H21ClN2OS. The van der Waals surface area contributed by atoms with Crippen molar-refractivity contribution in [3.05, 3.63) is 11.1 Å². The van der Waals surface area contributed by atoms with Crippen LogP contribution in [-0.4, -0.2) is 29.7 Å². The van der Waals surface area contributed by atoms with Crippen molar-refractivity contribution >= 4 is 33.9 Å². The molecule has 0 amide bonds. The Hall–Kier alpha value is -0.610. The van der Waals surface area contributed by atoms with Crippen LogP contribution < -0.4 is 4.90 Å². The van der Waals surface area contributed by atoms with Crippen LogP contribution in [-0.2, 0) is 0 Å². The maximum Gasteiger partial charge on any atom is 0.196 e. The second-order valence-corrected chi connectivity index (χ2v) is 7.22. The van der Waals surface area contributed by atoms with Crippen molar-refractivity contribution in [2.24, 2.45) is 5.41 Å². The van der Waals surface area contributed by atoms with Gasteiger partial charge in [-0.05, 0) is 31.1 Å². The van der Waals surface area contributed by atoms with Crippen molar-refractivity contribution in [3.8, 4) is 0 Å². The molecule has 1 saturated carbocycles. The molecule has 3 rings (SSSR count). The molecule has 1 spiro atoms. The van der Waals surface area contributed by atoms with Crippen LogP contribution in [0.1, 0.15) is 55.4 Å². The number of alkyl halides is 1. The summed E-state index contributed by atoms with van der Waals surface area (Å²) in [7, 11) is 0. The van der Waals surface area contributed by atoms with Gasteiger partial charge in [-0.25, -0.2) is 4.98 Å². The first-order valence-corrected chi connectivity index (χ1v) is 8.94. The summed E-state index contributed by atoms with van der Waals surface area (Å²) in [6, 6.07) is 0. The molecule has 2 fully saturated rings. The van der Waals surface area contributed by atoms with Crippen LogP contribution in [0.15, 0.2) is 5.38 Å². The van der Waals surface area contributed by atoms with E-state index in [0.29, 0.717) is 11.1 Å². The molecule has 1 saturated heterocycles. The molecule has 1 aromatic heterocycles. The Morgan fingerprint density at radius 2 is 1.95 bits per heavy atom. The Morgan fingerprint density at radius 3 is 2.60 bits per heavy atom. The highest BCUT2D eigenvalue weighted by Gasteiger charge is 2.36. The predicted octanol–water partition coefficient (Wildman–Crippen LogP) is 4.12. The number of nitrogens with zero attached hydrogens (tertiary/aromatic N) is 2. The molecule has 1 aliphatic heterocycles. The van der Waals surface area contributed by atoms with E-state index in [-0.39, 0.29) is 11.7 Å². The van der Waals surface area contributed by atoms with Gasteiger partial charge in [-0.1, -0.05) is 19.3 Å². The first kappa shape index (κ1) is 14.3. The summed E-state index contributed by atoms with van der Waals surface area (Å²) in [5, 5.41) is 2.83. The number of aromatic nitrogens is 1. The van der Waals surface area contributed by atoms with Gasteiger partial charge >= 0.3 is 0 Å². The minimum absolute atomic E-state index is 0.0201. The lowest BCUT2D eigenvalue weighted by molar-refractivity contribution is 0.101. The molecule has 0 radical (unpaired) electrons.